The van der Waals surface area contributed by atoms with Crippen molar-refractivity contribution < 1.29 is 14.3 Å². The highest BCUT2D eigenvalue weighted by atomic mass is 16.5. The summed E-state index contributed by atoms with van der Waals surface area (Å²) in [6.07, 6.45) is 3.70. The minimum atomic E-state index is -0.639. The minimum Gasteiger partial charge on any atom is -0.360 e. The Balaban J connectivity index is 1.59. The number of benzene rings is 1. The molecule has 0 aliphatic carbocycles. The predicted octanol–water partition coefficient (Wildman–Crippen LogP) is 2.45. The molecule has 0 N–H and O–H groups in total. The van der Waals surface area contributed by atoms with Crippen LogP contribution >= 0.6 is 0 Å². The standard InChI is InChI=1S/C22H28N2O3/c1-13(2)23(5)20(25)18-17-8-9-22(27-17)12-24(21(26)19(18)22)11-16-7-6-14(3)15(4)10-16/h6-10,13,17-19H,11-12H2,1-5H3/t17-,18-,19+,22-/m0/s1. The molecule has 1 aromatic rings. The first-order valence-electron chi connectivity index (χ1n) is 9.72. The van der Waals surface area contributed by atoms with Crippen LogP contribution in [0.25, 0.3) is 0 Å². The van der Waals surface area contributed by atoms with Crippen LogP contribution in [0.3, 0.4) is 0 Å². The van der Waals surface area contributed by atoms with Crippen LogP contribution in [0.5, 0.6) is 0 Å². The monoisotopic (exact) mass is 368 g/mol. The maximum atomic E-state index is 13.3. The molecule has 2 bridgehead atoms. The molecule has 2 fully saturated rings. The number of likely N-dealkylation sites (tertiary alicyclic amines) is 1. The number of nitrogens with zero attached hydrogens (tertiary/aromatic N) is 2. The Morgan fingerprint density at radius 1 is 1.33 bits per heavy atom. The van der Waals surface area contributed by atoms with Crippen LogP contribution in [0.15, 0.2) is 30.4 Å². The van der Waals surface area contributed by atoms with Crippen molar-refractivity contribution in [1.29, 1.82) is 0 Å². The first-order chi connectivity index (χ1) is 12.7. The van der Waals surface area contributed by atoms with Gasteiger partial charge in [-0.05, 0) is 44.4 Å². The molecule has 3 aliphatic heterocycles. The van der Waals surface area contributed by atoms with Gasteiger partial charge >= 0.3 is 0 Å². The van der Waals surface area contributed by atoms with Crippen LogP contribution in [-0.4, -0.2) is 53.0 Å². The van der Waals surface area contributed by atoms with E-state index in [1.54, 1.807) is 4.90 Å². The number of fused-ring (bicyclic) bond motifs is 1. The Morgan fingerprint density at radius 2 is 2.07 bits per heavy atom. The Kier molecular flexibility index (Phi) is 4.18. The fourth-order valence-electron chi connectivity index (χ4n) is 4.61. The average molecular weight is 368 g/mol. The summed E-state index contributed by atoms with van der Waals surface area (Å²) in [5.74, 6) is -0.782. The predicted molar refractivity (Wildman–Crippen MR) is 103 cm³/mol. The van der Waals surface area contributed by atoms with E-state index in [0.29, 0.717) is 13.1 Å². The van der Waals surface area contributed by atoms with Crippen molar-refractivity contribution in [1.82, 2.24) is 9.80 Å². The summed E-state index contributed by atoms with van der Waals surface area (Å²) < 4.78 is 6.21. The van der Waals surface area contributed by atoms with Gasteiger partial charge in [0.15, 0.2) is 0 Å². The van der Waals surface area contributed by atoms with E-state index in [4.69, 9.17) is 4.74 Å². The zero-order valence-corrected chi connectivity index (χ0v) is 16.7. The highest BCUT2D eigenvalue weighted by Crippen LogP contribution is 2.52. The second-order valence-corrected chi connectivity index (χ2v) is 8.56. The van der Waals surface area contributed by atoms with E-state index in [-0.39, 0.29) is 24.0 Å². The molecule has 4 atom stereocenters. The van der Waals surface area contributed by atoms with Gasteiger partial charge < -0.3 is 14.5 Å². The molecule has 1 aromatic carbocycles. The van der Waals surface area contributed by atoms with Gasteiger partial charge in [-0.25, -0.2) is 0 Å². The molecule has 0 unspecified atom stereocenters. The van der Waals surface area contributed by atoms with Crippen LogP contribution in [0.1, 0.15) is 30.5 Å². The highest BCUT2D eigenvalue weighted by Gasteiger charge is 2.67. The lowest BCUT2D eigenvalue weighted by atomic mass is 9.76. The van der Waals surface area contributed by atoms with Gasteiger partial charge in [0, 0.05) is 19.6 Å². The lowest BCUT2D eigenvalue weighted by molar-refractivity contribution is -0.143. The third-order valence-electron chi connectivity index (χ3n) is 6.53. The molecule has 2 saturated heterocycles. The molecule has 5 heteroatoms. The molecule has 0 saturated carbocycles. The van der Waals surface area contributed by atoms with Gasteiger partial charge in [0.2, 0.25) is 11.8 Å². The maximum Gasteiger partial charge on any atom is 0.230 e. The van der Waals surface area contributed by atoms with E-state index in [1.165, 1.54) is 11.1 Å². The molecule has 5 nitrogen and oxygen atoms in total. The first kappa shape index (κ1) is 18.2. The van der Waals surface area contributed by atoms with Crippen LogP contribution in [0, 0.1) is 25.7 Å². The molecule has 0 aromatic heterocycles. The smallest absolute Gasteiger partial charge is 0.230 e. The fourth-order valence-corrected chi connectivity index (χ4v) is 4.61. The molecule has 3 heterocycles. The summed E-state index contributed by atoms with van der Waals surface area (Å²) in [5, 5.41) is 0. The van der Waals surface area contributed by atoms with Gasteiger partial charge in [-0.15, -0.1) is 0 Å². The summed E-state index contributed by atoms with van der Waals surface area (Å²) >= 11 is 0. The van der Waals surface area contributed by atoms with Gasteiger partial charge in [-0.1, -0.05) is 30.4 Å². The summed E-state index contributed by atoms with van der Waals surface area (Å²) in [5.41, 5.74) is 2.94. The molecule has 144 valence electrons. The van der Waals surface area contributed by atoms with Crippen LogP contribution in [-0.2, 0) is 20.9 Å². The van der Waals surface area contributed by atoms with E-state index in [0.717, 1.165) is 5.56 Å². The highest BCUT2D eigenvalue weighted by molar-refractivity contribution is 5.93. The first-order valence-corrected chi connectivity index (χ1v) is 9.72. The van der Waals surface area contributed by atoms with Crippen LogP contribution in [0.4, 0.5) is 0 Å². The van der Waals surface area contributed by atoms with Crippen LogP contribution in [0.2, 0.25) is 0 Å². The number of amides is 2. The summed E-state index contributed by atoms with van der Waals surface area (Å²) in [6, 6.07) is 6.40. The van der Waals surface area contributed by atoms with Gasteiger partial charge in [0.05, 0.1) is 24.5 Å². The summed E-state index contributed by atoms with van der Waals surface area (Å²) in [4.78, 5) is 29.9. The number of carbonyl (C=O) groups excluding carboxylic acids is 2. The van der Waals surface area contributed by atoms with Gasteiger partial charge in [0.25, 0.3) is 0 Å². The second-order valence-electron chi connectivity index (χ2n) is 8.56. The quantitative estimate of drug-likeness (QED) is 0.767. The fraction of sp³-hybridized carbons (Fsp3) is 0.545. The zero-order valence-electron chi connectivity index (χ0n) is 16.7. The third kappa shape index (κ3) is 2.71. The Morgan fingerprint density at radius 3 is 2.74 bits per heavy atom. The topological polar surface area (TPSA) is 49.9 Å². The molecule has 0 radical (unpaired) electrons. The van der Waals surface area contributed by atoms with Gasteiger partial charge in [0.1, 0.15) is 5.60 Å². The lowest BCUT2D eigenvalue weighted by Gasteiger charge is -2.30. The average Bonchev–Trinajstić information content (AvgIpc) is 3.25. The van der Waals surface area contributed by atoms with Crippen LogP contribution < -0.4 is 0 Å². The Bertz CT molecular complexity index is 831. The van der Waals surface area contributed by atoms with E-state index >= 15 is 0 Å². The van der Waals surface area contributed by atoms with Crippen molar-refractivity contribution in [3.8, 4) is 0 Å². The molecule has 3 aliphatic rings. The van der Waals surface area contributed by atoms with E-state index in [9.17, 15) is 9.59 Å². The SMILES string of the molecule is Cc1ccc(CN2C[C@]34C=C[C@H](O3)[C@H](C(=O)N(C)C(C)C)[C@@H]4C2=O)cc1C. The number of rotatable bonds is 4. The number of ether oxygens (including phenoxy) is 1. The lowest BCUT2D eigenvalue weighted by Crippen LogP contribution is -2.46. The largest absolute Gasteiger partial charge is 0.360 e. The maximum absolute atomic E-state index is 13.3. The van der Waals surface area contributed by atoms with Gasteiger partial charge in [-0.3, -0.25) is 9.59 Å². The van der Waals surface area contributed by atoms with Crippen molar-refractivity contribution in [3.05, 3.63) is 47.0 Å². The summed E-state index contributed by atoms with van der Waals surface area (Å²) in [7, 11) is 1.81. The van der Waals surface area contributed by atoms with E-state index in [1.807, 2.05) is 37.9 Å². The zero-order chi connectivity index (χ0) is 19.5. The number of hydrogen-bond acceptors (Lipinski definition) is 3. The molecular formula is C22H28N2O3. The number of hydrogen-bond donors (Lipinski definition) is 0. The van der Waals surface area contributed by atoms with Crippen molar-refractivity contribution in [2.45, 2.75) is 52.0 Å². The minimum absolute atomic E-state index is 0.00704. The molecule has 27 heavy (non-hydrogen) atoms. The molecule has 2 amide bonds. The normalized spacial score (nSPS) is 31.1. The third-order valence-corrected chi connectivity index (χ3v) is 6.53. The molecule has 4 rings (SSSR count). The van der Waals surface area contributed by atoms with E-state index < -0.39 is 17.4 Å². The molecule has 1 spiro atoms. The summed E-state index contributed by atoms with van der Waals surface area (Å²) in [6.45, 7) is 9.22. The van der Waals surface area contributed by atoms with Crippen molar-refractivity contribution in [2.75, 3.05) is 13.6 Å². The van der Waals surface area contributed by atoms with Crippen molar-refractivity contribution in [3.63, 3.8) is 0 Å². The second kappa shape index (κ2) is 6.20. The Hall–Kier alpha value is -2.14. The number of aryl methyl sites for hydroxylation is 2. The van der Waals surface area contributed by atoms with Gasteiger partial charge in [-0.2, -0.15) is 0 Å². The van der Waals surface area contributed by atoms with E-state index in [2.05, 4.69) is 32.0 Å². The Labute approximate surface area is 161 Å². The van der Waals surface area contributed by atoms with Crippen molar-refractivity contribution >= 4 is 11.8 Å². The van der Waals surface area contributed by atoms with Crippen molar-refractivity contribution in [2.24, 2.45) is 11.8 Å². The number of carbonyl (C=O) groups is 2. The molecular weight excluding hydrogens is 340 g/mol.